The lowest BCUT2D eigenvalue weighted by Crippen LogP contribution is -2.17. The molecule has 0 N–H and O–H groups in total. The van der Waals surface area contributed by atoms with Crippen molar-refractivity contribution in [1.82, 2.24) is 0 Å². The predicted octanol–water partition coefficient (Wildman–Crippen LogP) is 2.41. The number of ketones is 2. The van der Waals surface area contributed by atoms with E-state index in [1.165, 1.54) is 18.2 Å². The quantitative estimate of drug-likeness (QED) is 0.635. The molecule has 0 amide bonds. The zero-order valence-electron chi connectivity index (χ0n) is 10.8. The third-order valence-corrected chi connectivity index (χ3v) is 4.42. The summed E-state index contributed by atoms with van der Waals surface area (Å²) < 4.78 is 22.8. The number of halogens is 1. The maximum absolute atomic E-state index is 12.2. The molecular formula is C14H12ClO4S. The van der Waals surface area contributed by atoms with E-state index in [1.807, 2.05) is 0 Å². The van der Waals surface area contributed by atoms with Gasteiger partial charge in [0.2, 0.25) is 0 Å². The van der Waals surface area contributed by atoms with Gasteiger partial charge < -0.3 is 0 Å². The van der Waals surface area contributed by atoms with E-state index in [0.29, 0.717) is 19.3 Å². The van der Waals surface area contributed by atoms with Crippen molar-refractivity contribution in [2.45, 2.75) is 24.2 Å². The Labute approximate surface area is 122 Å². The standard InChI is InChI=1S/C14H12ClO4S/c1-20(18,19)9-6-7-10(12(15)8-9)14(17)11-4-2-3-5-13(11)16/h6-8H,2-3,5H2,1H3. The fraction of sp³-hybridized carbons (Fsp3) is 0.286. The maximum Gasteiger partial charge on any atom is 0.198 e. The van der Waals surface area contributed by atoms with E-state index < -0.39 is 15.6 Å². The van der Waals surface area contributed by atoms with E-state index in [9.17, 15) is 18.0 Å². The Morgan fingerprint density at radius 1 is 1.35 bits per heavy atom. The molecule has 1 aromatic carbocycles. The van der Waals surface area contributed by atoms with Gasteiger partial charge in [0.1, 0.15) is 0 Å². The van der Waals surface area contributed by atoms with Crippen LogP contribution in [0.5, 0.6) is 0 Å². The van der Waals surface area contributed by atoms with Crippen LogP contribution in [0, 0.1) is 6.08 Å². The number of hydrogen-bond acceptors (Lipinski definition) is 4. The molecule has 0 atom stereocenters. The number of carbonyl (C=O) groups excluding carboxylic acids is 2. The highest BCUT2D eigenvalue weighted by Crippen LogP contribution is 2.25. The molecule has 1 radical (unpaired) electrons. The lowest BCUT2D eigenvalue weighted by Gasteiger charge is -2.11. The summed E-state index contributed by atoms with van der Waals surface area (Å²) in [7, 11) is -3.39. The molecule has 4 nitrogen and oxygen atoms in total. The highest BCUT2D eigenvalue weighted by Gasteiger charge is 2.24. The van der Waals surface area contributed by atoms with Crippen LogP contribution in [0.3, 0.4) is 0 Å². The first-order chi connectivity index (χ1) is 9.30. The van der Waals surface area contributed by atoms with Gasteiger partial charge in [-0.2, -0.15) is 0 Å². The van der Waals surface area contributed by atoms with Crippen molar-refractivity contribution in [2.75, 3.05) is 6.26 Å². The van der Waals surface area contributed by atoms with Crippen molar-refractivity contribution in [3.8, 4) is 0 Å². The molecule has 1 aliphatic rings. The van der Waals surface area contributed by atoms with Crippen molar-refractivity contribution in [2.24, 2.45) is 0 Å². The molecule has 0 aliphatic heterocycles. The number of allylic oxidation sites excluding steroid dienone is 2. The Hall–Kier alpha value is -1.46. The fourth-order valence-corrected chi connectivity index (χ4v) is 2.92. The molecule has 0 spiro atoms. The van der Waals surface area contributed by atoms with Crippen LogP contribution in [0.2, 0.25) is 5.02 Å². The number of carbonyl (C=O) groups is 2. The second-order valence-electron chi connectivity index (χ2n) is 4.57. The normalized spacial score (nSPS) is 15.9. The van der Waals surface area contributed by atoms with Gasteiger partial charge in [0.15, 0.2) is 21.4 Å². The van der Waals surface area contributed by atoms with E-state index in [4.69, 9.17) is 11.6 Å². The Balaban J connectivity index is 2.41. The van der Waals surface area contributed by atoms with Gasteiger partial charge in [-0.25, -0.2) is 8.42 Å². The van der Waals surface area contributed by atoms with E-state index >= 15 is 0 Å². The third-order valence-electron chi connectivity index (χ3n) is 3.00. The molecule has 0 aromatic heterocycles. The summed E-state index contributed by atoms with van der Waals surface area (Å²) in [4.78, 5) is 24.0. The number of sulfone groups is 1. The molecule has 2 rings (SSSR count). The molecule has 0 bridgehead atoms. The van der Waals surface area contributed by atoms with E-state index in [2.05, 4.69) is 6.08 Å². The summed E-state index contributed by atoms with van der Waals surface area (Å²) in [5.74, 6) is -0.746. The maximum atomic E-state index is 12.2. The SMILES string of the molecule is CS(=O)(=O)c1ccc(C(=O)C2=[C]CCCC2=O)c(Cl)c1. The van der Waals surface area contributed by atoms with Crippen molar-refractivity contribution < 1.29 is 18.0 Å². The molecule has 0 heterocycles. The molecule has 1 aliphatic carbocycles. The highest BCUT2D eigenvalue weighted by atomic mass is 35.5. The van der Waals surface area contributed by atoms with Crippen molar-refractivity contribution in [3.05, 3.63) is 40.4 Å². The number of Topliss-reactive ketones (excluding diaryl/α,β-unsaturated/α-hetero) is 2. The van der Waals surface area contributed by atoms with Crippen LogP contribution in [0.1, 0.15) is 29.6 Å². The summed E-state index contributed by atoms with van der Waals surface area (Å²) in [6.45, 7) is 0. The van der Waals surface area contributed by atoms with E-state index in [-0.39, 0.29) is 26.8 Å². The first-order valence-corrected chi connectivity index (χ1v) is 8.26. The van der Waals surface area contributed by atoms with Crippen LogP contribution >= 0.6 is 11.6 Å². The van der Waals surface area contributed by atoms with Gasteiger partial charge in [-0.1, -0.05) is 11.6 Å². The number of hydrogen-bond donors (Lipinski definition) is 0. The summed E-state index contributed by atoms with van der Waals surface area (Å²) in [5.41, 5.74) is 0.141. The Morgan fingerprint density at radius 2 is 2.05 bits per heavy atom. The van der Waals surface area contributed by atoms with Crippen molar-refractivity contribution >= 4 is 33.0 Å². The first-order valence-electron chi connectivity index (χ1n) is 5.99. The van der Waals surface area contributed by atoms with Gasteiger partial charge in [-0.15, -0.1) is 0 Å². The molecule has 0 saturated carbocycles. The van der Waals surface area contributed by atoms with Crippen molar-refractivity contribution in [1.29, 1.82) is 0 Å². The zero-order valence-corrected chi connectivity index (χ0v) is 12.3. The number of benzene rings is 1. The van der Waals surface area contributed by atoms with E-state index in [1.54, 1.807) is 0 Å². The average molecular weight is 312 g/mol. The molecule has 1 aromatic rings. The Kier molecular flexibility index (Phi) is 4.11. The van der Waals surface area contributed by atoms with Crippen LogP contribution in [-0.2, 0) is 14.6 Å². The van der Waals surface area contributed by atoms with Gasteiger partial charge in [0, 0.05) is 18.2 Å². The van der Waals surface area contributed by atoms with Gasteiger partial charge in [-0.05, 0) is 37.1 Å². The average Bonchev–Trinajstić information content (AvgIpc) is 2.37. The molecule has 0 saturated heterocycles. The fourth-order valence-electron chi connectivity index (χ4n) is 1.94. The monoisotopic (exact) mass is 311 g/mol. The van der Waals surface area contributed by atoms with Gasteiger partial charge in [0.25, 0.3) is 0 Å². The molecule has 0 fully saturated rings. The predicted molar refractivity (Wildman–Crippen MR) is 74.5 cm³/mol. The topological polar surface area (TPSA) is 68.3 Å². The zero-order chi connectivity index (χ0) is 14.9. The van der Waals surface area contributed by atoms with Gasteiger partial charge in [-0.3, -0.25) is 9.59 Å². The smallest absolute Gasteiger partial charge is 0.198 e. The van der Waals surface area contributed by atoms with Crippen LogP contribution in [0.25, 0.3) is 0 Å². The van der Waals surface area contributed by atoms with Crippen LogP contribution in [0.15, 0.2) is 28.7 Å². The Bertz CT molecular complexity index is 717. The lowest BCUT2D eigenvalue weighted by atomic mass is 9.92. The second-order valence-corrected chi connectivity index (χ2v) is 6.99. The van der Waals surface area contributed by atoms with Crippen LogP contribution in [-0.4, -0.2) is 26.2 Å². The van der Waals surface area contributed by atoms with Crippen LogP contribution in [0.4, 0.5) is 0 Å². The van der Waals surface area contributed by atoms with Gasteiger partial charge in [0.05, 0.1) is 15.5 Å². The molecule has 0 unspecified atom stereocenters. The van der Waals surface area contributed by atoms with E-state index in [0.717, 1.165) is 6.26 Å². The molecule has 20 heavy (non-hydrogen) atoms. The minimum absolute atomic E-state index is 0.0188. The minimum Gasteiger partial charge on any atom is -0.294 e. The summed E-state index contributed by atoms with van der Waals surface area (Å²) >= 11 is 5.96. The van der Waals surface area contributed by atoms with Crippen molar-refractivity contribution in [3.63, 3.8) is 0 Å². The molecular weight excluding hydrogens is 300 g/mol. The minimum atomic E-state index is -3.39. The largest absolute Gasteiger partial charge is 0.294 e. The number of rotatable bonds is 3. The van der Waals surface area contributed by atoms with Gasteiger partial charge >= 0.3 is 0 Å². The summed E-state index contributed by atoms with van der Waals surface area (Å²) in [6.07, 6.45) is 5.42. The molecule has 6 heteroatoms. The summed E-state index contributed by atoms with van der Waals surface area (Å²) in [6, 6.07) is 3.86. The third kappa shape index (κ3) is 2.99. The highest BCUT2D eigenvalue weighted by molar-refractivity contribution is 7.90. The lowest BCUT2D eigenvalue weighted by molar-refractivity contribution is -0.115. The van der Waals surface area contributed by atoms with Crippen LogP contribution < -0.4 is 0 Å². The summed E-state index contributed by atoms with van der Waals surface area (Å²) in [5, 5.41) is 0.0191. The molecule has 105 valence electrons. The second kappa shape index (κ2) is 5.50. The first kappa shape index (κ1) is 14.9. The Morgan fingerprint density at radius 3 is 2.60 bits per heavy atom.